The van der Waals surface area contributed by atoms with Gasteiger partial charge in [0.15, 0.2) is 0 Å². The van der Waals surface area contributed by atoms with E-state index < -0.39 is 24.9 Å². The highest BCUT2D eigenvalue weighted by Gasteiger charge is 2.51. The number of alkyl halides is 2. The minimum Gasteiger partial charge on any atom is -0.423 e. The molecule has 0 bridgehead atoms. The number of rotatable bonds is 3. The van der Waals surface area contributed by atoms with Crippen molar-refractivity contribution in [2.24, 2.45) is 5.92 Å². The van der Waals surface area contributed by atoms with Crippen LogP contribution in [0.3, 0.4) is 0 Å². The van der Waals surface area contributed by atoms with Gasteiger partial charge in [-0.25, -0.2) is 8.78 Å². The maximum Gasteiger partial charge on any atom is 0.267 e. The molecule has 2 aliphatic rings. The third-order valence-electron chi connectivity index (χ3n) is 3.55. The highest BCUT2D eigenvalue weighted by Crippen LogP contribution is 2.43. The number of amides is 1. The van der Waals surface area contributed by atoms with Gasteiger partial charge in [0.05, 0.1) is 6.54 Å². The minimum atomic E-state index is -2.88. The molecule has 104 valence electrons. The number of hydrogen-bond acceptors (Lipinski definition) is 4. The lowest BCUT2D eigenvalue weighted by atomic mass is 10.2. The summed E-state index contributed by atoms with van der Waals surface area (Å²) in [5.74, 6) is -2.65. The lowest BCUT2D eigenvalue weighted by Gasteiger charge is -2.21. The van der Waals surface area contributed by atoms with E-state index in [9.17, 15) is 13.6 Å². The summed E-state index contributed by atoms with van der Waals surface area (Å²) in [6, 6.07) is -0.782. The fraction of sp³-hybridized carbons (Fsp3) is 0.750. The average molecular weight is 271 g/mol. The SMILES string of the molecule is CCc1nnc([C@@H]2CC(F)(F)CN2C(=O)C2CC2)o1. The Hall–Kier alpha value is -1.53. The average Bonchev–Trinajstić information content (AvgIpc) is 3.01. The molecule has 0 N–H and O–H groups in total. The van der Waals surface area contributed by atoms with Gasteiger partial charge in [0, 0.05) is 18.8 Å². The Kier molecular flexibility index (Phi) is 2.79. The smallest absolute Gasteiger partial charge is 0.267 e. The summed E-state index contributed by atoms with van der Waals surface area (Å²) in [4.78, 5) is 13.3. The summed E-state index contributed by atoms with van der Waals surface area (Å²) in [6.07, 6.45) is 1.69. The Labute approximate surface area is 109 Å². The molecule has 1 atom stereocenters. The predicted molar refractivity (Wildman–Crippen MR) is 60.4 cm³/mol. The summed E-state index contributed by atoms with van der Waals surface area (Å²) in [5, 5.41) is 7.58. The summed E-state index contributed by atoms with van der Waals surface area (Å²) in [5.41, 5.74) is 0. The maximum atomic E-state index is 13.6. The van der Waals surface area contributed by atoms with Gasteiger partial charge in [-0.15, -0.1) is 10.2 Å². The number of aryl methyl sites for hydroxylation is 1. The Morgan fingerprint density at radius 3 is 2.79 bits per heavy atom. The molecule has 2 fully saturated rings. The van der Waals surface area contributed by atoms with Gasteiger partial charge in [-0.05, 0) is 12.8 Å². The van der Waals surface area contributed by atoms with E-state index in [0.717, 1.165) is 12.8 Å². The third kappa shape index (κ3) is 2.33. The lowest BCUT2D eigenvalue weighted by molar-refractivity contribution is -0.135. The molecule has 19 heavy (non-hydrogen) atoms. The number of likely N-dealkylation sites (tertiary alicyclic amines) is 1. The number of nitrogens with zero attached hydrogens (tertiary/aromatic N) is 3. The Morgan fingerprint density at radius 1 is 1.47 bits per heavy atom. The molecule has 1 saturated heterocycles. The number of carbonyl (C=O) groups excluding carboxylic acids is 1. The van der Waals surface area contributed by atoms with Gasteiger partial charge < -0.3 is 9.32 Å². The highest BCUT2D eigenvalue weighted by molar-refractivity contribution is 5.81. The number of carbonyl (C=O) groups is 1. The van der Waals surface area contributed by atoms with Crippen LogP contribution in [0.4, 0.5) is 8.78 Å². The van der Waals surface area contributed by atoms with E-state index in [1.54, 1.807) is 0 Å². The first kappa shape index (κ1) is 12.5. The molecule has 5 nitrogen and oxygen atoms in total. The molecule has 2 heterocycles. The van der Waals surface area contributed by atoms with Crippen molar-refractivity contribution in [1.29, 1.82) is 0 Å². The second-order valence-corrected chi connectivity index (χ2v) is 5.20. The second-order valence-electron chi connectivity index (χ2n) is 5.20. The number of halogens is 2. The van der Waals surface area contributed by atoms with Crippen molar-refractivity contribution < 1.29 is 18.0 Å². The van der Waals surface area contributed by atoms with Crippen LogP contribution in [-0.4, -0.2) is 33.5 Å². The third-order valence-corrected chi connectivity index (χ3v) is 3.55. The van der Waals surface area contributed by atoms with Crippen molar-refractivity contribution in [2.75, 3.05) is 6.54 Å². The highest BCUT2D eigenvalue weighted by atomic mass is 19.3. The van der Waals surface area contributed by atoms with Crippen LogP contribution < -0.4 is 0 Å². The van der Waals surface area contributed by atoms with Crippen LogP contribution in [0.1, 0.15) is 44.0 Å². The van der Waals surface area contributed by atoms with Gasteiger partial charge in [-0.1, -0.05) is 6.92 Å². The van der Waals surface area contributed by atoms with Crippen molar-refractivity contribution in [3.05, 3.63) is 11.8 Å². The molecule has 0 spiro atoms. The first-order valence-corrected chi connectivity index (χ1v) is 6.51. The standard InChI is InChI=1S/C12H15F2N3O2/c1-2-9-15-16-10(19-9)8-5-12(13,14)6-17(8)11(18)7-3-4-7/h7-8H,2-6H2,1H3/t8-/m0/s1. The molecule has 0 radical (unpaired) electrons. The van der Waals surface area contributed by atoms with E-state index in [0.29, 0.717) is 12.3 Å². The zero-order valence-corrected chi connectivity index (χ0v) is 10.6. The van der Waals surface area contributed by atoms with Crippen molar-refractivity contribution in [2.45, 2.75) is 44.6 Å². The zero-order chi connectivity index (χ0) is 13.6. The first-order valence-electron chi connectivity index (χ1n) is 6.51. The van der Waals surface area contributed by atoms with Crippen LogP contribution in [0.15, 0.2) is 4.42 Å². The summed E-state index contributed by atoms with van der Waals surface area (Å²) in [6.45, 7) is 1.30. The van der Waals surface area contributed by atoms with E-state index >= 15 is 0 Å². The largest absolute Gasteiger partial charge is 0.423 e. The van der Waals surface area contributed by atoms with Crippen molar-refractivity contribution >= 4 is 5.91 Å². The first-order chi connectivity index (χ1) is 9.00. The number of aromatic nitrogens is 2. The van der Waals surface area contributed by atoms with E-state index in [4.69, 9.17) is 4.42 Å². The summed E-state index contributed by atoms with van der Waals surface area (Å²) < 4.78 is 32.5. The van der Waals surface area contributed by atoms with Gasteiger partial charge in [-0.2, -0.15) is 0 Å². The van der Waals surface area contributed by atoms with Gasteiger partial charge in [0.25, 0.3) is 5.92 Å². The quantitative estimate of drug-likeness (QED) is 0.843. The van der Waals surface area contributed by atoms with E-state index in [-0.39, 0.29) is 17.7 Å². The topological polar surface area (TPSA) is 59.2 Å². The Bertz CT molecular complexity index is 499. The molecular formula is C12H15F2N3O2. The van der Waals surface area contributed by atoms with Crippen molar-refractivity contribution in [1.82, 2.24) is 15.1 Å². The van der Waals surface area contributed by atoms with Crippen molar-refractivity contribution in [3.8, 4) is 0 Å². The van der Waals surface area contributed by atoms with Crippen LogP contribution >= 0.6 is 0 Å². The Morgan fingerprint density at radius 2 is 2.21 bits per heavy atom. The van der Waals surface area contributed by atoms with Gasteiger partial charge in [0.1, 0.15) is 6.04 Å². The molecule has 7 heteroatoms. The molecular weight excluding hydrogens is 256 g/mol. The summed E-state index contributed by atoms with van der Waals surface area (Å²) >= 11 is 0. The maximum absolute atomic E-state index is 13.6. The van der Waals surface area contributed by atoms with Gasteiger partial charge in [-0.3, -0.25) is 4.79 Å². The molecule has 1 aromatic rings. The van der Waals surface area contributed by atoms with Crippen LogP contribution in [0.5, 0.6) is 0 Å². The summed E-state index contributed by atoms with van der Waals surface area (Å²) in [7, 11) is 0. The molecule has 1 aromatic heterocycles. The molecule has 0 aromatic carbocycles. The fourth-order valence-electron chi connectivity index (χ4n) is 2.38. The van der Waals surface area contributed by atoms with E-state index in [2.05, 4.69) is 10.2 Å². The Balaban J connectivity index is 1.85. The molecule has 1 aliphatic heterocycles. The van der Waals surface area contributed by atoms with Gasteiger partial charge >= 0.3 is 0 Å². The molecule has 3 rings (SSSR count). The fourth-order valence-corrected chi connectivity index (χ4v) is 2.38. The van der Waals surface area contributed by atoms with Crippen LogP contribution in [0.25, 0.3) is 0 Å². The normalized spacial score (nSPS) is 25.8. The lowest BCUT2D eigenvalue weighted by Crippen LogP contribution is -2.34. The molecule has 1 saturated carbocycles. The second kappa shape index (κ2) is 4.25. The van der Waals surface area contributed by atoms with E-state index in [1.165, 1.54) is 4.90 Å². The minimum absolute atomic E-state index is 0.0926. The van der Waals surface area contributed by atoms with Gasteiger partial charge in [0.2, 0.25) is 17.7 Å². The predicted octanol–water partition coefficient (Wildman–Crippen LogP) is 1.95. The monoisotopic (exact) mass is 271 g/mol. The van der Waals surface area contributed by atoms with Crippen molar-refractivity contribution in [3.63, 3.8) is 0 Å². The molecule has 1 aliphatic carbocycles. The van der Waals surface area contributed by atoms with Crippen LogP contribution in [0.2, 0.25) is 0 Å². The van der Waals surface area contributed by atoms with Crippen LogP contribution in [0, 0.1) is 5.92 Å². The molecule has 0 unspecified atom stereocenters. The van der Waals surface area contributed by atoms with Crippen LogP contribution in [-0.2, 0) is 11.2 Å². The number of hydrogen-bond donors (Lipinski definition) is 0. The zero-order valence-electron chi connectivity index (χ0n) is 10.6. The van der Waals surface area contributed by atoms with E-state index in [1.807, 2.05) is 6.92 Å². The molecule has 1 amide bonds.